The van der Waals surface area contributed by atoms with Gasteiger partial charge in [-0.1, -0.05) is 38.3 Å². The number of hydrogen-bond acceptors (Lipinski definition) is 2. The maximum absolute atomic E-state index is 11.9. The van der Waals surface area contributed by atoms with Crippen LogP contribution in [0.3, 0.4) is 0 Å². The predicted octanol–water partition coefficient (Wildman–Crippen LogP) is 5.08. The van der Waals surface area contributed by atoms with Gasteiger partial charge in [-0.25, -0.2) is 4.79 Å². The maximum Gasteiger partial charge on any atom is 0.326 e. The maximum atomic E-state index is 11.9. The van der Waals surface area contributed by atoms with Crippen molar-refractivity contribution in [2.24, 2.45) is 0 Å². The number of nitrogens with zero attached hydrogens (tertiary/aromatic N) is 1. The van der Waals surface area contributed by atoms with Crippen LogP contribution in [0.4, 0.5) is 5.69 Å². The fourth-order valence-corrected chi connectivity index (χ4v) is 3.95. The fraction of sp³-hybridized carbons (Fsp3) is 0.611. The Bertz CT molecular complexity index is 556. The van der Waals surface area contributed by atoms with E-state index in [1.165, 1.54) is 0 Å². The van der Waals surface area contributed by atoms with Crippen LogP contribution in [-0.2, 0) is 4.79 Å². The number of anilines is 1. The number of hydrogen-bond donors (Lipinski definition) is 1. The zero-order valence-electron chi connectivity index (χ0n) is 13.9. The van der Waals surface area contributed by atoms with Crippen molar-refractivity contribution in [2.45, 2.75) is 70.9 Å². The fourth-order valence-electron chi connectivity index (χ4n) is 3.77. The largest absolute Gasteiger partial charge is 0.480 e. The Balaban J connectivity index is 2.51. The smallest absolute Gasteiger partial charge is 0.326 e. The molecule has 1 aliphatic heterocycles. The molecule has 22 heavy (non-hydrogen) atoms. The van der Waals surface area contributed by atoms with Gasteiger partial charge in [-0.2, -0.15) is 0 Å². The van der Waals surface area contributed by atoms with E-state index < -0.39 is 12.0 Å². The zero-order chi connectivity index (χ0) is 16.5. The average molecular weight is 324 g/mol. The average Bonchev–Trinajstić information content (AvgIpc) is 2.41. The van der Waals surface area contributed by atoms with E-state index in [9.17, 15) is 9.90 Å². The summed E-state index contributed by atoms with van der Waals surface area (Å²) in [6.45, 7) is 8.57. The Morgan fingerprint density at radius 1 is 1.50 bits per heavy atom. The van der Waals surface area contributed by atoms with Crippen LogP contribution in [0, 0.1) is 0 Å². The monoisotopic (exact) mass is 323 g/mol. The molecule has 2 atom stereocenters. The minimum atomic E-state index is -0.739. The molecule has 1 heterocycles. The first kappa shape index (κ1) is 17.1. The van der Waals surface area contributed by atoms with Crippen LogP contribution >= 0.6 is 11.6 Å². The van der Waals surface area contributed by atoms with Crippen molar-refractivity contribution in [1.82, 2.24) is 0 Å². The zero-order valence-corrected chi connectivity index (χ0v) is 14.7. The highest BCUT2D eigenvalue weighted by molar-refractivity contribution is 6.30. The molecule has 1 aromatic carbocycles. The molecule has 0 saturated carbocycles. The second-order valence-corrected chi connectivity index (χ2v) is 7.42. The van der Waals surface area contributed by atoms with E-state index in [4.69, 9.17) is 11.6 Å². The van der Waals surface area contributed by atoms with Gasteiger partial charge in [0.25, 0.3) is 0 Å². The van der Waals surface area contributed by atoms with Crippen molar-refractivity contribution in [3.63, 3.8) is 0 Å². The third-order valence-corrected chi connectivity index (χ3v) is 4.90. The molecule has 0 unspecified atom stereocenters. The molecule has 0 saturated heterocycles. The number of fused-ring (bicyclic) bond motifs is 1. The Hall–Kier alpha value is -1.22. The lowest BCUT2D eigenvalue weighted by molar-refractivity contribution is -0.139. The molecular weight excluding hydrogens is 298 g/mol. The standard InChI is InChI=1S/C18H26ClNO2/c1-5-6-7-16(17(21)22)20-15-9-8-13(19)10-14(15)12(2)11-18(20,3)4/h8-10,12,16H,5-7,11H2,1-4H3,(H,21,22)/t12-,16-/m1/s1. The van der Waals surface area contributed by atoms with E-state index in [1.807, 2.05) is 18.2 Å². The van der Waals surface area contributed by atoms with Gasteiger partial charge in [0.2, 0.25) is 0 Å². The third-order valence-electron chi connectivity index (χ3n) is 4.67. The first-order valence-corrected chi connectivity index (χ1v) is 8.47. The normalized spacial score (nSPS) is 21.3. The quantitative estimate of drug-likeness (QED) is 0.821. The Labute approximate surface area is 138 Å². The molecule has 0 aromatic heterocycles. The number of aliphatic carboxylic acids is 1. The first-order chi connectivity index (χ1) is 10.3. The second kappa shape index (κ2) is 6.49. The molecule has 3 nitrogen and oxygen atoms in total. The molecule has 2 rings (SSSR count). The van der Waals surface area contributed by atoms with Gasteiger partial charge in [-0.05, 0) is 56.4 Å². The molecule has 122 valence electrons. The number of benzene rings is 1. The number of carbonyl (C=O) groups is 1. The van der Waals surface area contributed by atoms with Crippen LogP contribution in [0.5, 0.6) is 0 Å². The van der Waals surface area contributed by atoms with Crippen LogP contribution in [0.25, 0.3) is 0 Å². The SMILES string of the molecule is CCCC[C@H](C(=O)O)N1c2ccc(Cl)cc2[C@H](C)CC1(C)C. The molecule has 4 heteroatoms. The minimum Gasteiger partial charge on any atom is -0.480 e. The van der Waals surface area contributed by atoms with Crippen LogP contribution in [0.15, 0.2) is 18.2 Å². The van der Waals surface area contributed by atoms with Gasteiger partial charge in [-0.3, -0.25) is 0 Å². The molecule has 0 aliphatic carbocycles. The summed E-state index contributed by atoms with van der Waals surface area (Å²) in [6.07, 6.45) is 3.52. The molecule has 0 bridgehead atoms. The molecule has 0 amide bonds. The number of carboxylic acids is 1. The van der Waals surface area contributed by atoms with E-state index in [1.54, 1.807) is 0 Å². The summed E-state index contributed by atoms with van der Waals surface area (Å²) in [7, 11) is 0. The summed E-state index contributed by atoms with van der Waals surface area (Å²) in [5, 5.41) is 10.5. The van der Waals surface area contributed by atoms with E-state index in [2.05, 4.69) is 32.6 Å². The summed E-state index contributed by atoms with van der Waals surface area (Å²) in [6, 6.07) is 5.35. The molecule has 1 N–H and O–H groups in total. The van der Waals surface area contributed by atoms with Gasteiger partial charge >= 0.3 is 5.97 Å². The molecule has 0 radical (unpaired) electrons. The third kappa shape index (κ3) is 3.24. The topological polar surface area (TPSA) is 40.5 Å². The summed E-state index contributed by atoms with van der Waals surface area (Å²) < 4.78 is 0. The molecule has 0 spiro atoms. The van der Waals surface area contributed by atoms with E-state index in [-0.39, 0.29) is 5.54 Å². The van der Waals surface area contributed by atoms with Gasteiger partial charge in [0, 0.05) is 16.2 Å². The van der Waals surface area contributed by atoms with Crippen LogP contribution in [0.2, 0.25) is 5.02 Å². The van der Waals surface area contributed by atoms with E-state index in [0.717, 1.165) is 30.5 Å². The number of rotatable bonds is 5. The van der Waals surface area contributed by atoms with Gasteiger partial charge in [0.05, 0.1) is 0 Å². The molecular formula is C18H26ClNO2. The summed E-state index contributed by atoms with van der Waals surface area (Å²) in [5.41, 5.74) is 2.00. The van der Waals surface area contributed by atoms with Crippen molar-refractivity contribution in [2.75, 3.05) is 4.90 Å². The van der Waals surface area contributed by atoms with Crippen molar-refractivity contribution in [3.05, 3.63) is 28.8 Å². The second-order valence-electron chi connectivity index (χ2n) is 6.99. The lowest BCUT2D eigenvalue weighted by atomic mass is 9.78. The van der Waals surface area contributed by atoms with Crippen molar-refractivity contribution in [3.8, 4) is 0 Å². The Kier molecular flexibility index (Phi) is 5.06. The Morgan fingerprint density at radius 2 is 2.18 bits per heavy atom. The number of unbranched alkanes of at least 4 members (excludes halogenated alkanes) is 1. The van der Waals surface area contributed by atoms with Crippen molar-refractivity contribution < 1.29 is 9.90 Å². The summed E-state index contributed by atoms with van der Waals surface area (Å²) in [4.78, 5) is 14.0. The molecule has 1 aliphatic rings. The van der Waals surface area contributed by atoms with Gasteiger partial charge < -0.3 is 10.0 Å². The summed E-state index contributed by atoms with van der Waals surface area (Å²) in [5.74, 6) is -0.363. The highest BCUT2D eigenvalue weighted by Crippen LogP contribution is 2.45. The molecule has 0 fully saturated rings. The van der Waals surface area contributed by atoms with Gasteiger partial charge in [-0.15, -0.1) is 0 Å². The van der Waals surface area contributed by atoms with E-state index in [0.29, 0.717) is 17.4 Å². The molecule has 1 aromatic rings. The number of halogens is 1. The number of carboxylic acid groups (broad SMARTS) is 1. The van der Waals surface area contributed by atoms with Crippen LogP contribution in [-0.4, -0.2) is 22.7 Å². The highest BCUT2D eigenvalue weighted by atomic mass is 35.5. The van der Waals surface area contributed by atoms with Crippen molar-refractivity contribution in [1.29, 1.82) is 0 Å². The first-order valence-electron chi connectivity index (χ1n) is 8.09. The summed E-state index contributed by atoms with van der Waals surface area (Å²) >= 11 is 6.15. The Morgan fingerprint density at radius 3 is 2.77 bits per heavy atom. The predicted molar refractivity (Wildman–Crippen MR) is 92.0 cm³/mol. The lowest BCUT2D eigenvalue weighted by Gasteiger charge is -2.50. The highest BCUT2D eigenvalue weighted by Gasteiger charge is 2.42. The van der Waals surface area contributed by atoms with Crippen LogP contribution in [0.1, 0.15) is 64.9 Å². The van der Waals surface area contributed by atoms with Gasteiger partial charge in [0.15, 0.2) is 0 Å². The lowest BCUT2D eigenvalue weighted by Crippen LogP contribution is -2.56. The van der Waals surface area contributed by atoms with Crippen molar-refractivity contribution >= 4 is 23.3 Å². The van der Waals surface area contributed by atoms with E-state index >= 15 is 0 Å². The minimum absolute atomic E-state index is 0.183. The van der Waals surface area contributed by atoms with Crippen LogP contribution < -0.4 is 4.90 Å². The van der Waals surface area contributed by atoms with Gasteiger partial charge in [0.1, 0.15) is 6.04 Å².